The molecule has 0 saturated heterocycles. The molecule has 0 radical (unpaired) electrons. The molecule has 0 aliphatic carbocycles. The third kappa shape index (κ3) is 5.90. The number of hydrogen-bond acceptors (Lipinski definition) is 3. The third-order valence-corrected chi connectivity index (χ3v) is 8.07. The lowest BCUT2D eigenvalue weighted by atomic mass is 10.00. The van der Waals surface area contributed by atoms with Gasteiger partial charge in [-0.1, -0.05) is 49.4 Å². The number of halogens is 1. The monoisotopic (exact) mass is 494 g/mol. The van der Waals surface area contributed by atoms with Gasteiger partial charge >= 0.3 is 0 Å². The van der Waals surface area contributed by atoms with Gasteiger partial charge in [-0.3, -0.25) is 0 Å². The van der Waals surface area contributed by atoms with Crippen LogP contribution in [0.1, 0.15) is 23.9 Å². The highest BCUT2D eigenvalue weighted by Gasteiger charge is 2.18. The van der Waals surface area contributed by atoms with Crippen molar-refractivity contribution in [1.82, 2.24) is 9.78 Å². The van der Waals surface area contributed by atoms with Crippen molar-refractivity contribution >= 4 is 36.7 Å². The highest BCUT2D eigenvalue weighted by molar-refractivity contribution is 6.76. The summed E-state index contributed by atoms with van der Waals surface area (Å²) in [5.41, 5.74) is 8.11. The Kier molecular flexibility index (Phi) is 8.24. The van der Waals surface area contributed by atoms with Crippen LogP contribution in [-0.4, -0.2) is 31.0 Å². The summed E-state index contributed by atoms with van der Waals surface area (Å²) in [7, 11) is -1.11. The predicted octanol–water partition coefficient (Wildman–Crippen LogP) is 8.15. The number of anilines is 2. The van der Waals surface area contributed by atoms with Gasteiger partial charge < -0.3 is 9.64 Å². The molecule has 0 aliphatic heterocycles. The van der Waals surface area contributed by atoms with E-state index in [1.54, 1.807) is 6.07 Å². The van der Waals surface area contributed by atoms with E-state index in [2.05, 4.69) is 75.3 Å². The van der Waals surface area contributed by atoms with Gasteiger partial charge in [0.05, 0.1) is 12.3 Å². The first-order chi connectivity index (χ1) is 16.1. The maximum atomic E-state index is 7.26. The smallest absolute Gasteiger partial charge is 0.205 e. The Hall–Kier alpha value is -2.59. The zero-order valence-electron chi connectivity index (χ0n) is 21.4. The van der Waals surface area contributed by atoms with E-state index in [9.17, 15) is 0 Å². The summed E-state index contributed by atoms with van der Waals surface area (Å²) in [5.74, 6) is 0. The van der Waals surface area contributed by atoms with E-state index in [1.165, 1.54) is 5.56 Å². The van der Waals surface area contributed by atoms with Crippen molar-refractivity contribution in [3.05, 3.63) is 69.8 Å². The summed E-state index contributed by atoms with van der Waals surface area (Å²) in [6.07, 6.45) is 0. The Bertz CT molecular complexity index is 1210. The molecule has 180 valence electrons. The van der Waals surface area contributed by atoms with Crippen LogP contribution < -0.4 is 4.90 Å². The highest BCUT2D eigenvalue weighted by Crippen LogP contribution is 2.37. The van der Waals surface area contributed by atoms with E-state index in [4.69, 9.17) is 28.0 Å². The minimum absolute atomic E-state index is 0.470. The fourth-order valence-corrected chi connectivity index (χ4v) is 5.05. The summed E-state index contributed by atoms with van der Waals surface area (Å²) in [4.78, 5) is 5.71. The Morgan fingerprint density at radius 1 is 1.12 bits per heavy atom. The van der Waals surface area contributed by atoms with E-state index < -0.39 is 8.07 Å². The van der Waals surface area contributed by atoms with Crippen molar-refractivity contribution < 1.29 is 4.74 Å². The number of aromatic nitrogens is 2. The molecule has 0 spiro atoms. The van der Waals surface area contributed by atoms with E-state index in [1.807, 2.05) is 16.8 Å². The zero-order valence-corrected chi connectivity index (χ0v) is 23.1. The second-order valence-electron chi connectivity index (χ2n) is 9.89. The molecule has 34 heavy (non-hydrogen) atoms. The molecule has 0 fully saturated rings. The number of hydrogen-bond donors (Lipinski definition) is 0. The predicted molar refractivity (Wildman–Crippen MR) is 146 cm³/mol. The Balaban J connectivity index is 1.92. The van der Waals surface area contributed by atoms with Crippen LogP contribution >= 0.6 is 11.6 Å². The van der Waals surface area contributed by atoms with Crippen LogP contribution in [0.2, 0.25) is 30.7 Å². The average Bonchev–Trinajstić information content (AvgIpc) is 3.05. The average molecular weight is 495 g/mol. The number of ether oxygens (including phenoxy) is 1. The second-order valence-corrected chi connectivity index (χ2v) is 15.9. The molecule has 0 amide bonds. The number of rotatable bonds is 9. The van der Waals surface area contributed by atoms with Crippen LogP contribution in [-0.2, 0) is 11.5 Å². The van der Waals surface area contributed by atoms with E-state index in [0.29, 0.717) is 17.4 Å². The maximum Gasteiger partial charge on any atom is 0.205 e. The van der Waals surface area contributed by atoms with Crippen LogP contribution in [0.4, 0.5) is 17.1 Å². The molecule has 3 aromatic rings. The molecule has 3 rings (SSSR count). The first kappa shape index (κ1) is 26.0. The quantitative estimate of drug-likeness (QED) is 0.171. The van der Waals surface area contributed by atoms with Crippen LogP contribution in [0.15, 0.2) is 36.4 Å². The van der Waals surface area contributed by atoms with Crippen molar-refractivity contribution in [2.24, 2.45) is 0 Å². The molecule has 0 unspecified atom stereocenters. The molecule has 0 atom stereocenters. The molecule has 5 nitrogen and oxygen atoms in total. The molecular formula is C27H35ClN4OSi. The van der Waals surface area contributed by atoms with E-state index in [-0.39, 0.29) is 0 Å². The summed E-state index contributed by atoms with van der Waals surface area (Å²) in [6.45, 7) is 24.8. The lowest BCUT2D eigenvalue weighted by molar-refractivity contribution is 0.0770. The summed E-state index contributed by atoms with van der Waals surface area (Å²) >= 11 is 6.35. The van der Waals surface area contributed by atoms with Crippen molar-refractivity contribution in [3.63, 3.8) is 0 Å². The lowest BCUT2D eigenvalue weighted by Gasteiger charge is -2.26. The van der Waals surface area contributed by atoms with Gasteiger partial charge in [0.15, 0.2) is 0 Å². The van der Waals surface area contributed by atoms with Crippen molar-refractivity contribution in [3.8, 4) is 11.1 Å². The van der Waals surface area contributed by atoms with Crippen molar-refractivity contribution in [1.29, 1.82) is 0 Å². The normalized spacial score (nSPS) is 11.5. The highest BCUT2D eigenvalue weighted by atomic mass is 35.5. The van der Waals surface area contributed by atoms with Gasteiger partial charge in [0.25, 0.3) is 0 Å². The van der Waals surface area contributed by atoms with Crippen LogP contribution in [0.5, 0.6) is 0 Å². The SMILES string of the molecule is [C-]#[N+]c1ccc(N(CC)c2cc(-c3c(C)nn(COCC[Si](C)(C)C)c3C)ccc2C)cc1Cl. The second kappa shape index (κ2) is 10.8. The van der Waals surface area contributed by atoms with E-state index >= 15 is 0 Å². The standard InChI is InChI=1S/C27H35ClN4OSi/c1-9-31(23-12-13-25(29-5)24(28)17-23)26-16-22(11-10-19(26)2)27-20(3)30-32(21(27)4)18-33-14-15-34(6,7)8/h10-13,16-17H,9,14-15,18H2,1-4,6-8H3. The topological polar surface area (TPSA) is 34.7 Å². The largest absolute Gasteiger partial charge is 0.360 e. The maximum absolute atomic E-state index is 7.26. The first-order valence-electron chi connectivity index (χ1n) is 11.7. The van der Waals surface area contributed by atoms with Gasteiger partial charge in [-0.25, -0.2) is 9.53 Å². The number of aryl methyl sites for hydroxylation is 2. The molecule has 1 aromatic heterocycles. The molecule has 0 saturated carbocycles. The van der Waals surface area contributed by atoms with Crippen LogP contribution in [0.3, 0.4) is 0 Å². The summed E-state index contributed by atoms with van der Waals surface area (Å²) in [5, 5.41) is 5.24. The molecule has 1 heterocycles. The molecule has 7 heteroatoms. The van der Waals surface area contributed by atoms with Crippen molar-refractivity contribution in [2.45, 2.75) is 60.1 Å². The van der Waals surface area contributed by atoms with Gasteiger partial charge in [-0.2, -0.15) is 5.10 Å². The fourth-order valence-electron chi connectivity index (χ4n) is 4.07. The van der Waals surface area contributed by atoms with Crippen molar-refractivity contribution in [2.75, 3.05) is 18.1 Å². The summed E-state index contributed by atoms with van der Waals surface area (Å²) in [6, 6.07) is 13.3. The number of benzene rings is 2. The third-order valence-electron chi connectivity index (χ3n) is 6.06. The van der Waals surface area contributed by atoms with Gasteiger partial charge in [0.2, 0.25) is 5.69 Å². The number of nitrogens with zero attached hydrogens (tertiary/aromatic N) is 4. The zero-order chi connectivity index (χ0) is 25.0. The molecular weight excluding hydrogens is 460 g/mol. The lowest BCUT2D eigenvalue weighted by Crippen LogP contribution is -2.22. The Morgan fingerprint density at radius 2 is 1.85 bits per heavy atom. The Morgan fingerprint density at radius 3 is 2.47 bits per heavy atom. The molecule has 0 bridgehead atoms. The van der Waals surface area contributed by atoms with Gasteiger partial charge in [0.1, 0.15) is 6.73 Å². The molecule has 0 N–H and O–H groups in total. The fraction of sp³-hybridized carbons (Fsp3) is 0.407. The van der Waals surface area contributed by atoms with E-state index in [0.717, 1.165) is 53.1 Å². The van der Waals surface area contributed by atoms with Crippen LogP contribution in [0.25, 0.3) is 16.0 Å². The molecule has 0 aliphatic rings. The van der Waals surface area contributed by atoms with Gasteiger partial charge in [-0.15, -0.1) is 0 Å². The minimum Gasteiger partial charge on any atom is -0.360 e. The minimum atomic E-state index is -1.11. The molecule has 2 aromatic carbocycles. The van der Waals surface area contributed by atoms with Crippen LogP contribution in [0, 0.1) is 27.3 Å². The van der Waals surface area contributed by atoms with Gasteiger partial charge in [-0.05, 0) is 63.1 Å². The Labute approximate surface area is 210 Å². The first-order valence-corrected chi connectivity index (χ1v) is 15.8. The summed E-state index contributed by atoms with van der Waals surface area (Å²) < 4.78 is 7.93. The van der Waals surface area contributed by atoms with Gasteiger partial charge in [0, 0.05) is 48.9 Å².